The molecule has 6 nitrogen and oxygen atoms in total. The molecule has 2 rings (SSSR count). The Morgan fingerprint density at radius 2 is 2.05 bits per heavy atom. The summed E-state index contributed by atoms with van der Waals surface area (Å²) in [7, 11) is -3.06. The summed E-state index contributed by atoms with van der Waals surface area (Å²) in [5, 5.41) is 12.1. The van der Waals surface area contributed by atoms with E-state index in [1.54, 1.807) is 0 Å². The van der Waals surface area contributed by atoms with Gasteiger partial charge in [0.05, 0.1) is 24.7 Å². The Labute approximate surface area is 124 Å². The Kier molecular flexibility index (Phi) is 5.19. The Hall–Kier alpha value is -1.60. The van der Waals surface area contributed by atoms with Crippen LogP contribution in [0.3, 0.4) is 0 Å². The van der Waals surface area contributed by atoms with E-state index in [4.69, 9.17) is 5.11 Å². The summed E-state index contributed by atoms with van der Waals surface area (Å²) in [6.07, 6.45) is 0.444. The summed E-state index contributed by atoms with van der Waals surface area (Å²) in [5.41, 5.74) is 0.828. The summed E-state index contributed by atoms with van der Waals surface area (Å²) in [6.45, 7) is 0.0731. The van der Waals surface area contributed by atoms with Gasteiger partial charge in [-0.3, -0.25) is 4.79 Å². The molecule has 1 aliphatic rings. The molecule has 1 unspecified atom stereocenters. The highest BCUT2D eigenvalue weighted by molar-refractivity contribution is 7.91. The van der Waals surface area contributed by atoms with Crippen LogP contribution in [-0.4, -0.2) is 61.6 Å². The zero-order valence-electron chi connectivity index (χ0n) is 11.7. The van der Waals surface area contributed by atoms with Gasteiger partial charge < -0.3 is 15.3 Å². The maximum atomic E-state index is 12.3. The maximum absolute atomic E-state index is 12.3. The summed E-state index contributed by atoms with van der Waals surface area (Å²) in [4.78, 5) is 13.7. The van der Waals surface area contributed by atoms with Gasteiger partial charge in [0, 0.05) is 18.3 Å². The number of aliphatic hydroxyl groups is 1. The minimum atomic E-state index is -3.06. The fourth-order valence-electron chi connectivity index (χ4n) is 2.48. The first-order chi connectivity index (χ1) is 10.0. The van der Waals surface area contributed by atoms with E-state index < -0.39 is 9.84 Å². The molecule has 1 aromatic rings. The quantitative estimate of drug-likeness (QED) is 0.778. The molecule has 0 saturated carbocycles. The first kappa shape index (κ1) is 15.8. The molecule has 1 aliphatic heterocycles. The topological polar surface area (TPSA) is 86.7 Å². The second kappa shape index (κ2) is 6.91. The summed E-state index contributed by atoms with van der Waals surface area (Å²) in [6, 6.07) is 8.98. The first-order valence-electron chi connectivity index (χ1n) is 6.91. The van der Waals surface area contributed by atoms with Gasteiger partial charge >= 0.3 is 0 Å². The van der Waals surface area contributed by atoms with Gasteiger partial charge in [0.2, 0.25) is 5.91 Å². The van der Waals surface area contributed by atoms with Crippen LogP contribution in [0, 0.1) is 0 Å². The molecule has 1 amide bonds. The average Bonchev–Trinajstić information content (AvgIpc) is 2.83. The fraction of sp³-hybridized carbons (Fsp3) is 0.500. The lowest BCUT2D eigenvalue weighted by atomic mass is 10.2. The maximum Gasteiger partial charge on any atom is 0.242 e. The highest BCUT2D eigenvalue weighted by atomic mass is 32.2. The number of rotatable bonds is 6. The number of carbonyl (C=O) groups is 1. The van der Waals surface area contributed by atoms with E-state index in [2.05, 4.69) is 5.32 Å². The van der Waals surface area contributed by atoms with Crippen molar-refractivity contribution in [1.29, 1.82) is 0 Å². The SMILES string of the molecule is O=C(CNc1ccccc1)N(CCO)C1CCS(=O)(=O)C1. The molecule has 0 aliphatic carbocycles. The summed E-state index contributed by atoms with van der Waals surface area (Å²) >= 11 is 0. The monoisotopic (exact) mass is 312 g/mol. The Morgan fingerprint density at radius 1 is 1.33 bits per heavy atom. The van der Waals surface area contributed by atoms with Crippen molar-refractivity contribution in [2.75, 3.05) is 36.5 Å². The van der Waals surface area contributed by atoms with E-state index in [0.717, 1.165) is 5.69 Å². The highest BCUT2D eigenvalue weighted by Gasteiger charge is 2.34. The van der Waals surface area contributed by atoms with E-state index >= 15 is 0 Å². The van der Waals surface area contributed by atoms with Crippen LogP contribution in [0.15, 0.2) is 30.3 Å². The van der Waals surface area contributed by atoms with Gasteiger partial charge in [-0.05, 0) is 18.6 Å². The molecular weight excluding hydrogens is 292 g/mol. The number of nitrogens with one attached hydrogen (secondary N) is 1. The second-order valence-corrected chi connectivity index (χ2v) is 7.32. The molecule has 21 heavy (non-hydrogen) atoms. The van der Waals surface area contributed by atoms with Crippen molar-refractivity contribution < 1.29 is 18.3 Å². The minimum Gasteiger partial charge on any atom is -0.395 e. The third kappa shape index (κ3) is 4.44. The molecular formula is C14H20N2O4S. The van der Waals surface area contributed by atoms with Crippen LogP contribution in [0.4, 0.5) is 5.69 Å². The third-order valence-electron chi connectivity index (χ3n) is 3.53. The molecule has 1 aromatic carbocycles. The average molecular weight is 312 g/mol. The van der Waals surface area contributed by atoms with E-state index in [9.17, 15) is 13.2 Å². The van der Waals surface area contributed by atoms with Crippen molar-refractivity contribution in [3.63, 3.8) is 0 Å². The zero-order chi connectivity index (χ0) is 15.3. The van der Waals surface area contributed by atoms with Gasteiger partial charge in [0.15, 0.2) is 9.84 Å². The number of amides is 1. The predicted octanol–water partition coefficient (Wildman–Crippen LogP) is 0.107. The van der Waals surface area contributed by atoms with Crippen LogP contribution in [0.2, 0.25) is 0 Å². The van der Waals surface area contributed by atoms with Crippen molar-refractivity contribution in [3.8, 4) is 0 Å². The molecule has 1 saturated heterocycles. The normalized spacial score (nSPS) is 20.1. The standard InChI is InChI=1S/C14H20N2O4S/c17-8-7-16(13-6-9-21(19,20)11-13)14(18)10-15-12-4-2-1-3-5-12/h1-5,13,15,17H,6-11H2. The van der Waals surface area contributed by atoms with Crippen LogP contribution in [0.1, 0.15) is 6.42 Å². The molecule has 1 fully saturated rings. The minimum absolute atomic E-state index is 0.00984. The number of para-hydroxylation sites is 1. The van der Waals surface area contributed by atoms with Crippen LogP contribution in [0.25, 0.3) is 0 Å². The molecule has 1 atom stereocenters. The lowest BCUT2D eigenvalue weighted by Gasteiger charge is -2.27. The van der Waals surface area contributed by atoms with Crippen molar-refractivity contribution in [3.05, 3.63) is 30.3 Å². The number of hydrogen-bond donors (Lipinski definition) is 2. The molecule has 0 aromatic heterocycles. The predicted molar refractivity (Wildman–Crippen MR) is 80.8 cm³/mol. The Bertz CT molecular complexity index is 574. The van der Waals surface area contributed by atoms with Gasteiger partial charge in [0.25, 0.3) is 0 Å². The zero-order valence-corrected chi connectivity index (χ0v) is 12.6. The van der Waals surface area contributed by atoms with Crippen molar-refractivity contribution in [2.24, 2.45) is 0 Å². The van der Waals surface area contributed by atoms with Crippen molar-refractivity contribution >= 4 is 21.4 Å². The van der Waals surface area contributed by atoms with Gasteiger partial charge in [-0.25, -0.2) is 8.42 Å². The van der Waals surface area contributed by atoms with E-state index in [-0.39, 0.29) is 43.2 Å². The molecule has 0 spiro atoms. The molecule has 0 bridgehead atoms. The summed E-state index contributed by atoms with van der Waals surface area (Å²) < 4.78 is 23.1. The number of benzene rings is 1. The third-order valence-corrected chi connectivity index (χ3v) is 5.28. The summed E-state index contributed by atoms with van der Waals surface area (Å²) in [5.74, 6) is -0.0988. The van der Waals surface area contributed by atoms with Crippen LogP contribution in [0.5, 0.6) is 0 Å². The van der Waals surface area contributed by atoms with Crippen LogP contribution < -0.4 is 5.32 Å². The van der Waals surface area contributed by atoms with Gasteiger partial charge in [-0.15, -0.1) is 0 Å². The van der Waals surface area contributed by atoms with Gasteiger partial charge in [-0.2, -0.15) is 0 Å². The van der Waals surface area contributed by atoms with Gasteiger partial charge in [-0.1, -0.05) is 18.2 Å². The molecule has 1 heterocycles. The number of anilines is 1. The number of hydrogen-bond acceptors (Lipinski definition) is 5. The number of aliphatic hydroxyl groups excluding tert-OH is 1. The number of sulfone groups is 1. The molecule has 0 radical (unpaired) electrons. The van der Waals surface area contributed by atoms with Crippen molar-refractivity contribution in [1.82, 2.24) is 4.90 Å². The van der Waals surface area contributed by atoms with Crippen LogP contribution >= 0.6 is 0 Å². The van der Waals surface area contributed by atoms with Gasteiger partial charge in [0.1, 0.15) is 0 Å². The Morgan fingerprint density at radius 3 is 2.62 bits per heavy atom. The smallest absolute Gasteiger partial charge is 0.242 e. The van der Waals surface area contributed by atoms with E-state index in [1.165, 1.54) is 4.90 Å². The van der Waals surface area contributed by atoms with E-state index in [1.807, 2.05) is 30.3 Å². The lowest BCUT2D eigenvalue weighted by molar-refractivity contribution is -0.131. The largest absolute Gasteiger partial charge is 0.395 e. The molecule has 2 N–H and O–H groups in total. The first-order valence-corrected chi connectivity index (χ1v) is 8.73. The highest BCUT2D eigenvalue weighted by Crippen LogP contribution is 2.18. The second-order valence-electron chi connectivity index (χ2n) is 5.09. The number of nitrogens with zero attached hydrogens (tertiary/aromatic N) is 1. The lowest BCUT2D eigenvalue weighted by Crippen LogP contribution is -2.45. The van der Waals surface area contributed by atoms with E-state index in [0.29, 0.717) is 6.42 Å². The van der Waals surface area contributed by atoms with Crippen LogP contribution in [-0.2, 0) is 14.6 Å². The number of carbonyl (C=O) groups excluding carboxylic acids is 1. The fourth-order valence-corrected chi connectivity index (χ4v) is 4.21. The molecule has 7 heteroatoms. The van der Waals surface area contributed by atoms with Crippen molar-refractivity contribution in [2.45, 2.75) is 12.5 Å². The Balaban J connectivity index is 1.96. The molecule has 116 valence electrons.